The van der Waals surface area contributed by atoms with Crippen LogP contribution in [0.5, 0.6) is 5.75 Å². The number of carbonyl (C=O) groups excluding carboxylic acids is 2. The van der Waals surface area contributed by atoms with Crippen LogP contribution in [0.15, 0.2) is 36.4 Å². The van der Waals surface area contributed by atoms with Gasteiger partial charge in [0.1, 0.15) is 5.75 Å². The third kappa shape index (κ3) is 3.55. The molecule has 27 heavy (non-hydrogen) atoms. The summed E-state index contributed by atoms with van der Waals surface area (Å²) >= 11 is 5.98. The molecule has 0 atom stereocenters. The van der Waals surface area contributed by atoms with Gasteiger partial charge < -0.3 is 15.7 Å². The Bertz CT molecular complexity index is 962. The van der Waals surface area contributed by atoms with Crippen molar-refractivity contribution >= 4 is 46.4 Å². The summed E-state index contributed by atoms with van der Waals surface area (Å²) in [5, 5.41) is 16.2. The van der Waals surface area contributed by atoms with E-state index in [1.807, 2.05) is 0 Å². The van der Waals surface area contributed by atoms with Gasteiger partial charge in [-0.15, -0.1) is 0 Å². The van der Waals surface area contributed by atoms with E-state index in [1.165, 1.54) is 6.07 Å². The molecule has 2 aromatic carbocycles. The molecule has 2 amide bonds. The third-order valence-corrected chi connectivity index (χ3v) is 5.32. The zero-order chi connectivity index (χ0) is 19.0. The molecule has 1 aliphatic heterocycles. The van der Waals surface area contributed by atoms with Crippen LogP contribution in [-0.2, 0) is 9.59 Å². The Labute approximate surface area is 162 Å². The summed E-state index contributed by atoms with van der Waals surface area (Å²) in [4.78, 5) is 24.7. The summed E-state index contributed by atoms with van der Waals surface area (Å²) in [5.74, 6) is -0.0947. The molecule has 0 bridgehead atoms. The number of hydrogen-bond donors (Lipinski definition) is 3. The largest absolute Gasteiger partial charge is 0.507 e. The standard InChI is InChI=1S/C21H19ClN2O3/c22-14-5-8-19(25)13(9-14)10-17-16-7-6-15(11-18(16)24-21(17)27)23-20(26)12-3-1-2-4-12/h5-12,25H,1-4H2,(H,23,26)(H,24,27). The van der Waals surface area contributed by atoms with E-state index in [2.05, 4.69) is 10.6 Å². The van der Waals surface area contributed by atoms with Crippen LogP contribution in [0.3, 0.4) is 0 Å². The van der Waals surface area contributed by atoms with Crippen molar-refractivity contribution in [3.05, 3.63) is 52.5 Å². The molecule has 0 saturated heterocycles. The Morgan fingerprint density at radius 1 is 1.19 bits per heavy atom. The third-order valence-electron chi connectivity index (χ3n) is 5.09. The van der Waals surface area contributed by atoms with E-state index < -0.39 is 0 Å². The molecule has 138 valence electrons. The molecule has 1 fully saturated rings. The molecule has 0 radical (unpaired) electrons. The maximum atomic E-state index is 12.4. The van der Waals surface area contributed by atoms with Gasteiger partial charge in [-0.05, 0) is 49.2 Å². The van der Waals surface area contributed by atoms with Crippen molar-refractivity contribution in [2.24, 2.45) is 5.92 Å². The van der Waals surface area contributed by atoms with Gasteiger partial charge in [-0.1, -0.05) is 30.5 Å². The Hall–Kier alpha value is -2.79. The summed E-state index contributed by atoms with van der Waals surface area (Å²) in [5.41, 5.74) is 2.93. The van der Waals surface area contributed by atoms with Gasteiger partial charge in [-0.25, -0.2) is 0 Å². The predicted octanol–water partition coefficient (Wildman–Crippen LogP) is 4.67. The van der Waals surface area contributed by atoms with E-state index in [1.54, 1.807) is 36.4 Å². The fraction of sp³-hybridized carbons (Fsp3) is 0.238. The highest BCUT2D eigenvalue weighted by Crippen LogP contribution is 2.37. The molecular weight excluding hydrogens is 364 g/mol. The number of phenolic OH excluding ortho intramolecular Hbond substituents is 1. The summed E-state index contributed by atoms with van der Waals surface area (Å²) in [6, 6.07) is 10.0. The number of anilines is 2. The van der Waals surface area contributed by atoms with Crippen molar-refractivity contribution in [2.45, 2.75) is 25.7 Å². The quantitative estimate of drug-likeness (QED) is 0.675. The van der Waals surface area contributed by atoms with E-state index in [0.717, 1.165) is 31.2 Å². The van der Waals surface area contributed by atoms with Crippen LogP contribution in [0.4, 0.5) is 11.4 Å². The number of nitrogens with one attached hydrogen (secondary N) is 2. The molecule has 1 aliphatic carbocycles. The van der Waals surface area contributed by atoms with Crippen molar-refractivity contribution in [3.8, 4) is 5.75 Å². The summed E-state index contributed by atoms with van der Waals surface area (Å²) in [6.45, 7) is 0. The van der Waals surface area contributed by atoms with Crippen molar-refractivity contribution < 1.29 is 14.7 Å². The lowest BCUT2D eigenvalue weighted by atomic mass is 10.0. The van der Waals surface area contributed by atoms with Gasteiger partial charge >= 0.3 is 0 Å². The number of fused-ring (bicyclic) bond motifs is 1. The second-order valence-corrected chi connectivity index (χ2v) is 7.38. The van der Waals surface area contributed by atoms with Crippen molar-refractivity contribution in [3.63, 3.8) is 0 Å². The second kappa shape index (κ2) is 7.08. The van der Waals surface area contributed by atoms with Gasteiger partial charge in [-0.2, -0.15) is 0 Å². The molecule has 4 rings (SSSR count). The van der Waals surface area contributed by atoms with Crippen LogP contribution in [-0.4, -0.2) is 16.9 Å². The average molecular weight is 383 g/mol. The Kier molecular flexibility index (Phi) is 4.62. The minimum atomic E-state index is -0.261. The second-order valence-electron chi connectivity index (χ2n) is 6.95. The summed E-state index contributed by atoms with van der Waals surface area (Å²) < 4.78 is 0. The number of benzene rings is 2. The number of hydrogen-bond acceptors (Lipinski definition) is 3. The smallest absolute Gasteiger partial charge is 0.256 e. The highest BCUT2D eigenvalue weighted by atomic mass is 35.5. The lowest BCUT2D eigenvalue weighted by Gasteiger charge is -2.11. The van der Waals surface area contributed by atoms with Gasteiger partial charge in [0.25, 0.3) is 5.91 Å². The molecular formula is C21H19ClN2O3. The SMILES string of the molecule is O=C1Nc2cc(NC(=O)C3CCCC3)ccc2C1=Cc1cc(Cl)ccc1O. The molecule has 0 aromatic heterocycles. The first-order valence-electron chi connectivity index (χ1n) is 8.98. The van der Waals surface area contributed by atoms with Crippen molar-refractivity contribution in [2.75, 3.05) is 10.6 Å². The monoisotopic (exact) mass is 382 g/mol. The van der Waals surface area contributed by atoms with Crippen LogP contribution >= 0.6 is 11.6 Å². The van der Waals surface area contributed by atoms with Crippen LogP contribution in [0.1, 0.15) is 36.8 Å². The van der Waals surface area contributed by atoms with Crippen molar-refractivity contribution in [1.29, 1.82) is 0 Å². The van der Waals surface area contributed by atoms with Crippen LogP contribution in [0.25, 0.3) is 11.6 Å². The first-order valence-corrected chi connectivity index (χ1v) is 9.36. The maximum Gasteiger partial charge on any atom is 0.256 e. The zero-order valence-electron chi connectivity index (χ0n) is 14.6. The number of carbonyl (C=O) groups is 2. The number of aromatic hydroxyl groups is 1. The molecule has 2 aromatic rings. The van der Waals surface area contributed by atoms with E-state index in [-0.39, 0.29) is 23.5 Å². The number of rotatable bonds is 3. The van der Waals surface area contributed by atoms with Gasteiger partial charge in [-0.3, -0.25) is 9.59 Å². The fourth-order valence-electron chi connectivity index (χ4n) is 3.64. The Morgan fingerprint density at radius 3 is 2.74 bits per heavy atom. The van der Waals surface area contributed by atoms with Crippen LogP contribution in [0.2, 0.25) is 5.02 Å². The molecule has 2 aliphatic rings. The molecule has 0 unspecified atom stereocenters. The normalized spacial score (nSPS) is 17.8. The first-order chi connectivity index (χ1) is 13.0. The molecule has 1 saturated carbocycles. The lowest BCUT2D eigenvalue weighted by molar-refractivity contribution is -0.119. The summed E-state index contributed by atoms with van der Waals surface area (Å²) in [7, 11) is 0. The van der Waals surface area contributed by atoms with E-state index in [0.29, 0.717) is 27.5 Å². The molecule has 3 N–H and O–H groups in total. The zero-order valence-corrected chi connectivity index (χ0v) is 15.3. The van der Waals surface area contributed by atoms with Crippen LogP contribution < -0.4 is 10.6 Å². The van der Waals surface area contributed by atoms with Crippen molar-refractivity contribution in [1.82, 2.24) is 0 Å². The van der Waals surface area contributed by atoms with E-state index >= 15 is 0 Å². The summed E-state index contributed by atoms with van der Waals surface area (Å²) in [6.07, 6.45) is 5.68. The van der Waals surface area contributed by atoms with E-state index in [9.17, 15) is 14.7 Å². The molecule has 5 nitrogen and oxygen atoms in total. The number of amides is 2. The molecule has 6 heteroatoms. The van der Waals surface area contributed by atoms with Gasteiger partial charge in [0.05, 0.1) is 5.69 Å². The average Bonchev–Trinajstić information content (AvgIpc) is 3.27. The van der Waals surface area contributed by atoms with Gasteiger partial charge in [0.2, 0.25) is 5.91 Å². The number of halogens is 1. The highest BCUT2D eigenvalue weighted by Gasteiger charge is 2.26. The Morgan fingerprint density at radius 2 is 1.96 bits per heavy atom. The maximum absolute atomic E-state index is 12.4. The molecule has 0 spiro atoms. The highest BCUT2D eigenvalue weighted by molar-refractivity contribution is 6.35. The minimum absolute atomic E-state index is 0.0383. The van der Waals surface area contributed by atoms with Crippen LogP contribution in [0, 0.1) is 5.92 Å². The topological polar surface area (TPSA) is 78.4 Å². The number of phenols is 1. The van der Waals surface area contributed by atoms with Gasteiger partial charge in [0, 0.05) is 33.3 Å². The van der Waals surface area contributed by atoms with E-state index in [4.69, 9.17) is 11.6 Å². The predicted molar refractivity (Wildman–Crippen MR) is 107 cm³/mol. The Balaban J connectivity index is 1.61. The van der Waals surface area contributed by atoms with Gasteiger partial charge in [0.15, 0.2) is 0 Å². The lowest BCUT2D eigenvalue weighted by Crippen LogP contribution is -2.20. The first kappa shape index (κ1) is 17.6. The fourth-order valence-corrected chi connectivity index (χ4v) is 3.82. The minimum Gasteiger partial charge on any atom is -0.507 e. The molecule has 1 heterocycles.